The van der Waals surface area contributed by atoms with E-state index in [-0.39, 0.29) is 6.61 Å². The van der Waals surface area contributed by atoms with E-state index >= 15 is 0 Å². The van der Waals surface area contributed by atoms with Gasteiger partial charge >= 0.3 is 0 Å². The SMILES string of the molecule is COc1cccc(C=Cc2ccc(CO)cc2)c1. The second-order valence-electron chi connectivity index (χ2n) is 4.01. The minimum Gasteiger partial charge on any atom is -0.497 e. The summed E-state index contributed by atoms with van der Waals surface area (Å²) < 4.78 is 5.18. The quantitative estimate of drug-likeness (QED) is 0.830. The van der Waals surface area contributed by atoms with Gasteiger partial charge in [-0.25, -0.2) is 0 Å². The minimum atomic E-state index is 0.0832. The van der Waals surface area contributed by atoms with Crippen LogP contribution in [0.25, 0.3) is 12.2 Å². The number of rotatable bonds is 4. The Balaban J connectivity index is 2.13. The van der Waals surface area contributed by atoms with Gasteiger partial charge in [0.15, 0.2) is 0 Å². The first kappa shape index (κ1) is 12.4. The zero-order valence-corrected chi connectivity index (χ0v) is 10.3. The largest absolute Gasteiger partial charge is 0.497 e. The lowest BCUT2D eigenvalue weighted by Crippen LogP contribution is -1.83. The number of aliphatic hydroxyl groups excluding tert-OH is 1. The Morgan fingerprint density at radius 2 is 1.72 bits per heavy atom. The van der Waals surface area contributed by atoms with Crippen molar-refractivity contribution in [2.75, 3.05) is 7.11 Å². The Morgan fingerprint density at radius 1 is 1.00 bits per heavy atom. The van der Waals surface area contributed by atoms with Gasteiger partial charge in [0.25, 0.3) is 0 Å². The van der Waals surface area contributed by atoms with E-state index in [9.17, 15) is 0 Å². The van der Waals surface area contributed by atoms with Gasteiger partial charge in [0.1, 0.15) is 5.75 Å². The molecule has 2 heteroatoms. The fourth-order valence-corrected chi connectivity index (χ4v) is 1.67. The second kappa shape index (κ2) is 6.03. The van der Waals surface area contributed by atoms with Crippen LogP contribution >= 0.6 is 0 Å². The summed E-state index contributed by atoms with van der Waals surface area (Å²) in [4.78, 5) is 0. The first-order chi connectivity index (χ1) is 8.81. The zero-order valence-electron chi connectivity index (χ0n) is 10.3. The third-order valence-corrected chi connectivity index (χ3v) is 2.72. The molecule has 0 fully saturated rings. The van der Waals surface area contributed by atoms with Gasteiger partial charge in [0, 0.05) is 0 Å². The molecule has 0 heterocycles. The monoisotopic (exact) mass is 240 g/mol. The van der Waals surface area contributed by atoms with E-state index in [1.54, 1.807) is 7.11 Å². The fraction of sp³-hybridized carbons (Fsp3) is 0.125. The molecule has 0 spiro atoms. The third kappa shape index (κ3) is 3.22. The number of hydrogen-bond donors (Lipinski definition) is 1. The molecular formula is C16H16O2. The van der Waals surface area contributed by atoms with Gasteiger partial charge < -0.3 is 9.84 Å². The molecular weight excluding hydrogens is 224 g/mol. The lowest BCUT2D eigenvalue weighted by atomic mass is 10.1. The molecule has 0 saturated heterocycles. The first-order valence-corrected chi connectivity index (χ1v) is 5.84. The van der Waals surface area contributed by atoms with Crippen molar-refractivity contribution >= 4 is 12.2 Å². The van der Waals surface area contributed by atoms with Crippen LogP contribution in [0.4, 0.5) is 0 Å². The lowest BCUT2D eigenvalue weighted by molar-refractivity contribution is 0.282. The van der Waals surface area contributed by atoms with Crippen molar-refractivity contribution in [3.63, 3.8) is 0 Å². The molecule has 2 rings (SSSR count). The summed E-state index contributed by atoms with van der Waals surface area (Å²) in [6, 6.07) is 15.7. The average molecular weight is 240 g/mol. The van der Waals surface area contributed by atoms with Crippen LogP contribution in [0.1, 0.15) is 16.7 Å². The molecule has 2 aromatic carbocycles. The van der Waals surface area contributed by atoms with Crippen molar-refractivity contribution in [3.8, 4) is 5.75 Å². The van der Waals surface area contributed by atoms with Gasteiger partial charge in [0.05, 0.1) is 13.7 Å². The summed E-state index contributed by atoms with van der Waals surface area (Å²) >= 11 is 0. The van der Waals surface area contributed by atoms with E-state index in [4.69, 9.17) is 9.84 Å². The lowest BCUT2D eigenvalue weighted by Gasteiger charge is -2.00. The zero-order chi connectivity index (χ0) is 12.8. The van der Waals surface area contributed by atoms with E-state index in [1.165, 1.54) is 0 Å². The van der Waals surface area contributed by atoms with Crippen molar-refractivity contribution in [2.45, 2.75) is 6.61 Å². The molecule has 92 valence electrons. The number of ether oxygens (including phenoxy) is 1. The molecule has 0 radical (unpaired) electrons. The van der Waals surface area contributed by atoms with Crippen LogP contribution in [0.2, 0.25) is 0 Å². The van der Waals surface area contributed by atoms with Gasteiger partial charge in [-0.2, -0.15) is 0 Å². The number of methoxy groups -OCH3 is 1. The van der Waals surface area contributed by atoms with Gasteiger partial charge in [-0.05, 0) is 28.8 Å². The molecule has 2 nitrogen and oxygen atoms in total. The van der Waals surface area contributed by atoms with E-state index < -0.39 is 0 Å². The van der Waals surface area contributed by atoms with Crippen LogP contribution < -0.4 is 4.74 Å². The van der Waals surface area contributed by atoms with Crippen LogP contribution in [-0.2, 0) is 6.61 Å². The normalized spacial score (nSPS) is 10.8. The molecule has 0 bridgehead atoms. The summed E-state index contributed by atoms with van der Waals surface area (Å²) in [5.41, 5.74) is 3.13. The predicted octanol–water partition coefficient (Wildman–Crippen LogP) is 3.36. The Morgan fingerprint density at radius 3 is 2.39 bits per heavy atom. The summed E-state index contributed by atoms with van der Waals surface area (Å²) in [7, 11) is 1.66. The fourth-order valence-electron chi connectivity index (χ4n) is 1.67. The number of aliphatic hydroxyl groups is 1. The summed E-state index contributed by atoms with van der Waals surface area (Å²) in [5, 5.41) is 8.96. The van der Waals surface area contributed by atoms with E-state index in [0.29, 0.717) is 0 Å². The standard InChI is InChI=1S/C16H16O2/c1-18-16-4-2-3-14(11-16)8-5-13-6-9-15(12-17)10-7-13/h2-11,17H,12H2,1H3. The Kier molecular flexibility index (Phi) is 4.15. The summed E-state index contributed by atoms with van der Waals surface area (Å²) in [6.07, 6.45) is 4.08. The number of benzene rings is 2. The highest BCUT2D eigenvalue weighted by atomic mass is 16.5. The van der Waals surface area contributed by atoms with Crippen LogP contribution in [0, 0.1) is 0 Å². The highest BCUT2D eigenvalue weighted by Gasteiger charge is 1.93. The maximum Gasteiger partial charge on any atom is 0.119 e. The minimum absolute atomic E-state index is 0.0832. The van der Waals surface area contributed by atoms with Crippen molar-refractivity contribution in [1.29, 1.82) is 0 Å². The van der Waals surface area contributed by atoms with Gasteiger partial charge in [0.2, 0.25) is 0 Å². The molecule has 0 saturated carbocycles. The van der Waals surface area contributed by atoms with Crippen molar-refractivity contribution in [3.05, 3.63) is 65.2 Å². The molecule has 0 amide bonds. The molecule has 1 N–H and O–H groups in total. The van der Waals surface area contributed by atoms with Gasteiger partial charge in [-0.1, -0.05) is 48.6 Å². The Labute approximate surface area is 107 Å². The molecule has 0 aromatic heterocycles. The topological polar surface area (TPSA) is 29.5 Å². The van der Waals surface area contributed by atoms with Crippen LogP contribution in [0.3, 0.4) is 0 Å². The summed E-state index contributed by atoms with van der Waals surface area (Å²) in [6.45, 7) is 0.0832. The Bertz CT molecular complexity index is 527. The molecule has 2 aromatic rings. The van der Waals surface area contributed by atoms with Gasteiger partial charge in [-0.15, -0.1) is 0 Å². The van der Waals surface area contributed by atoms with E-state index in [1.807, 2.05) is 60.7 Å². The highest BCUT2D eigenvalue weighted by molar-refractivity contribution is 5.70. The molecule has 0 aliphatic heterocycles. The highest BCUT2D eigenvalue weighted by Crippen LogP contribution is 2.15. The van der Waals surface area contributed by atoms with E-state index in [0.717, 1.165) is 22.4 Å². The smallest absolute Gasteiger partial charge is 0.119 e. The van der Waals surface area contributed by atoms with Gasteiger partial charge in [-0.3, -0.25) is 0 Å². The first-order valence-electron chi connectivity index (χ1n) is 5.84. The Hall–Kier alpha value is -2.06. The van der Waals surface area contributed by atoms with E-state index in [2.05, 4.69) is 0 Å². The van der Waals surface area contributed by atoms with Crippen molar-refractivity contribution in [2.24, 2.45) is 0 Å². The average Bonchev–Trinajstić information content (AvgIpc) is 2.46. The predicted molar refractivity (Wildman–Crippen MR) is 74.3 cm³/mol. The molecule has 0 unspecified atom stereocenters. The third-order valence-electron chi connectivity index (χ3n) is 2.72. The maximum atomic E-state index is 8.96. The molecule has 0 atom stereocenters. The second-order valence-corrected chi connectivity index (χ2v) is 4.01. The number of hydrogen-bond acceptors (Lipinski definition) is 2. The molecule has 0 aliphatic carbocycles. The summed E-state index contributed by atoms with van der Waals surface area (Å²) in [5.74, 6) is 0.854. The van der Waals surface area contributed by atoms with Crippen LogP contribution in [-0.4, -0.2) is 12.2 Å². The molecule has 0 aliphatic rings. The molecule has 18 heavy (non-hydrogen) atoms. The van der Waals surface area contributed by atoms with Crippen molar-refractivity contribution < 1.29 is 9.84 Å². The van der Waals surface area contributed by atoms with Crippen molar-refractivity contribution in [1.82, 2.24) is 0 Å². The van der Waals surface area contributed by atoms with Crippen LogP contribution in [0.15, 0.2) is 48.5 Å². The maximum absolute atomic E-state index is 8.96. The van der Waals surface area contributed by atoms with Crippen LogP contribution in [0.5, 0.6) is 5.75 Å².